The van der Waals surface area contributed by atoms with Gasteiger partial charge in [-0.25, -0.2) is 8.78 Å². The molecule has 1 aliphatic rings. The number of rotatable bonds is 9. The van der Waals surface area contributed by atoms with Gasteiger partial charge in [-0.15, -0.1) is 0 Å². The van der Waals surface area contributed by atoms with Crippen LogP contribution in [-0.2, 0) is 14.3 Å². The van der Waals surface area contributed by atoms with Crippen LogP contribution < -0.4 is 0 Å². The summed E-state index contributed by atoms with van der Waals surface area (Å²) in [6, 6.07) is 12.0. The highest BCUT2D eigenvalue weighted by molar-refractivity contribution is 7.80. The zero-order valence-corrected chi connectivity index (χ0v) is 20.7. The Morgan fingerprint density at radius 1 is 1.06 bits per heavy atom. The highest BCUT2D eigenvalue weighted by Gasteiger charge is 2.40. The maximum Gasteiger partial charge on any atom is 0.291 e. The van der Waals surface area contributed by atoms with Gasteiger partial charge in [-0.2, -0.15) is 0 Å². The summed E-state index contributed by atoms with van der Waals surface area (Å²) in [5, 5.41) is 0.296. The summed E-state index contributed by atoms with van der Waals surface area (Å²) >= 11 is 5.51. The lowest BCUT2D eigenvalue weighted by atomic mass is 9.84. The van der Waals surface area contributed by atoms with Crippen molar-refractivity contribution in [2.75, 3.05) is 13.2 Å². The van der Waals surface area contributed by atoms with Crippen LogP contribution in [0.2, 0.25) is 0 Å². The lowest BCUT2D eigenvalue weighted by Crippen LogP contribution is -2.47. The number of hydrogen-bond donors (Lipinski definition) is 0. The smallest absolute Gasteiger partial charge is 0.291 e. The fourth-order valence-electron chi connectivity index (χ4n) is 4.12. The molecule has 0 bridgehead atoms. The van der Waals surface area contributed by atoms with E-state index in [4.69, 9.17) is 17.0 Å². The van der Waals surface area contributed by atoms with Crippen LogP contribution >= 0.6 is 12.2 Å². The fraction of sp³-hybridized carbons (Fsp3) is 0.444. The van der Waals surface area contributed by atoms with Gasteiger partial charge in [0.25, 0.3) is 5.91 Å². The zero-order chi connectivity index (χ0) is 24.9. The number of Topliss-reactive ketones (excluding diaryl/α,β-unsaturated/α-hetero) is 1. The number of thiocarbonyl (C=S) groups is 1. The SMILES string of the molecule is CCC(C)(C)C(=O)C(=O)N1CCCC1C(=S)OCCC(c1ccc(F)cc1)c1ccc(F)cc1. The van der Waals surface area contributed by atoms with Gasteiger partial charge in [0, 0.05) is 17.9 Å². The van der Waals surface area contributed by atoms with E-state index in [1.807, 2.05) is 6.92 Å². The van der Waals surface area contributed by atoms with Gasteiger partial charge in [-0.05, 0) is 73.3 Å². The Kier molecular flexibility index (Phi) is 8.52. The third-order valence-corrected chi connectivity index (χ3v) is 7.06. The fourth-order valence-corrected chi connectivity index (χ4v) is 4.45. The van der Waals surface area contributed by atoms with Crippen LogP contribution in [0.1, 0.15) is 63.5 Å². The monoisotopic (exact) mass is 487 g/mol. The molecule has 1 saturated heterocycles. The van der Waals surface area contributed by atoms with Gasteiger partial charge < -0.3 is 9.64 Å². The standard InChI is InChI=1S/C27H31F2NO3S/c1-4-27(2,3)24(31)25(32)30-16-5-6-23(30)26(34)33-17-15-22(18-7-11-20(28)12-8-18)19-9-13-21(29)14-10-19/h7-14,22-23H,4-6,15-17H2,1-3H3. The van der Waals surface area contributed by atoms with Crippen molar-refractivity contribution in [1.29, 1.82) is 0 Å². The molecule has 3 rings (SSSR count). The minimum Gasteiger partial charge on any atom is -0.485 e. The van der Waals surface area contributed by atoms with E-state index in [-0.39, 0.29) is 24.2 Å². The van der Waals surface area contributed by atoms with Crippen molar-refractivity contribution in [2.24, 2.45) is 5.41 Å². The molecule has 0 spiro atoms. The van der Waals surface area contributed by atoms with E-state index < -0.39 is 23.1 Å². The zero-order valence-electron chi connectivity index (χ0n) is 19.9. The topological polar surface area (TPSA) is 46.6 Å². The van der Waals surface area contributed by atoms with Crippen molar-refractivity contribution in [3.63, 3.8) is 0 Å². The number of carbonyl (C=O) groups excluding carboxylic acids is 2. The number of likely N-dealkylation sites (tertiary alicyclic amines) is 1. The predicted molar refractivity (Wildman–Crippen MR) is 132 cm³/mol. The molecule has 0 N–H and O–H groups in total. The Morgan fingerprint density at radius 2 is 1.59 bits per heavy atom. The summed E-state index contributed by atoms with van der Waals surface area (Å²) in [5.41, 5.74) is 1.05. The number of ketones is 1. The van der Waals surface area contributed by atoms with Crippen molar-refractivity contribution < 1.29 is 23.1 Å². The van der Waals surface area contributed by atoms with Crippen LogP contribution in [0.4, 0.5) is 8.78 Å². The van der Waals surface area contributed by atoms with Crippen molar-refractivity contribution in [1.82, 2.24) is 4.90 Å². The Labute approximate surface area is 205 Å². The van der Waals surface area contributed by atoms with E-state index in [9.17, 15) is 18.4 Å². The first kappa shape index (κ1) is 25.9. The second-order valence-electron chi connectivity index (χ2n) is 9.33. The summed E-state index contributed by atoms with van der Waals surface area (Å²) in [5.74, 6) is -1.71. The molecule has 2 aromatic carbocycles. The van der Waals surface area contributed by atoms with Crippen LogP contribution in [-0.4, -0.2) is 40.8 Å². The predicted octanol–water partition coefficient (Wildman–Crippen LogP) is 5.83. The molecular formula is C27H31F2NO3S. The number of nitrogens with zero attached hydrogens (tertiary/aromatic N) is 1. The third-order valence-electron chi connectivity index (χ3n) is 6.67. The Hall–Kier alpha value is -2.67. The van der Waals surface area contributed by atoms with Crippen LogP contribution in [0.25, 0.3) is 0 Å². The number of carbonyl (C=O) groups is 2. The van der Waals surface area contributed by atoms with Crippen molar-refractivity contribution >= 4 is 29.0 Å². The van der Waals surface area contributed by atoms with Gasteiger partial charge in [0.1, 0.15) is 17.7 Å². The summed E-state index contributed by atoms with van der Waals surface area (Å²) in [6.45, 7) is 6.19. The van der Waals surface area contributed by atoms with Gasteiger partial charge in [0.15, 0.2) is 5.05 Å². The van der Waals surface area contributed by atoms with Crippen LogP contribution in [0.15, 0.2) is 48.5 Å². The first-order valence-corrected chi connectivity index (χ1v) is 12.1. The molecule has 1 aliphatic heterocycles. The van der Waals surface area contributed by atoms with E-state index in [0.717, 1.165) is 17.5 Å². The van der Waals surface area contributed by atoms with Crippen molar-refractivity contribution in [2.45, 2.75) is 58.4 Å². The lowest BCUT2D eigenvalue weighted by molar-refractivity contribution is -0.149. The Balaban J connectivity index is 1.67. The van der Waals surface area contributed by atoms with Gasteiger partial charge in [-0.1, -0.05) is 45.0 Å². The molecule has 0 aromatic heterocycles. The summed E-state index contributed by atoms with van der Waals surface area (Å²) in [6.07, 6.45) is 2.52. The molecule has 1 fully saturated rings. The quantitative estimate of drug-likeness (QED) is 0.330. The summed E-state index contributed by atoms with van der Waals surface area (Å²) in [7, 11) is 0. The first-order chi connectivity index (χ1) is 16.1. The van der Waals surface area contributed by atoms with Gasteiger partial charge in [0.05, 0.1) is 6.61 Å². The maximum absolute atomic E-state index is 13.4. The van der Waals surface area contributed by atoms with E-state index in [2.05, 4.69) is 0 Å². The molecule has 7 heteroatoms. The van der Waals surface area contributed by atoms with Gasteiger partial charge in [0.2, 0.25) is 5.78 Å². The van der Waals surface area contributed by atoms with E-state index in [0.29, 0.717) is 30.9 Å². The molecule has 0 saturated carbocycles. The summed E-state index contributed by atoms with van der Waals surface area (Å²) < 4.78 is 32.8. The number of ether oxygens (including phenoxy) is 1. The lowest BCUT2D eigenvalue weighted by Gasteiger charge is -2.28. The van der Waals surface area contributed by atoms with Crippen LogP contribution in [0, 0.1) is 17.0 Å². The first-order valence-electron chi connectivity index (χ1n) is 11.7. The van der Waals surface area contributed by atoms with Crippen molar-refractivity contribution in [3.8, 4) is 0 Å². The van der Waals surface area contributed by atoms with E-state index >= 15 is 0 Å². The third kappa shape index (κ3) is 6.06. The average molecular weight is 488 g/mol. The van der Waals surface area contributed by atoms with Crippen LogP contribution in [0.3, 0.4) is 0 Å². The molecule has 34 heavy (non-hydrogen) atoms. The number of amides is 1. The maximum atomic E-state index is 13.4. The average Bonchev–Trinajstić information content (AvgIpc) is 3.32. The Morgan fingerprint density at radius 3 is 2.09 bits per heavy atom. The number of benzene rings is 2. The molecule has 1 amide bonds. The molecule has 1 heterocycles. The largest absolute Gasteiger partial charge is 0.485 e. The van der Waals surface area contributed by atoms with Gasteiger partial charge in [-0.3, -0.25) is 9.59 Å². The molecule has 182 valence electrons. The highest BCUT2D eigenvalue weighted by Crippen LogP contribution is 2.30. The van der Waals surface area contributed by atoms with Crippen LogP contribution in [0.5, 0.6) is 0 Å². The Bertz CT molecular complexity index is 976. The molecule has 0 aliphatic carbocycles. The second-order valence-corrected chi connectivity index (χ2v) is 9.74. The molecular weight excluding hydrogens is 456 g/mol. The molecule has 1 unspecified atom stereocenters. The van der Waals surface area contributed by atoms with Gasteiger partial charge >= 0.3 is 0 Å². The number of halogens is 2. The minimum absolute atomic E-state index is 0.141. The normalized spacial score (nSPS) is 16.1. The molecule has 2 aromatic rings. The summed E-state index contributed by atoms with van der Waals surface area (Å²) in [4.78, 5) is 27.1. The number of hydrogen-bond acceptors (Lipinski definition) is 4. The molecule has 4 nitrogen and oxygen atoms in total. The second kappa shape index (κ2) is 11.2. The molecule has 0 radical (unpaired) electrons. The minimum atomic E-state index is -0.718. The van der Waals surface area contributed by atoms with E-state index in [1.54, 1.807) is 43.0 Å². The highest BCUT2D eigenvalue weighted by atomic mass is 32.1. The van der Waals surface area contributed by atoms with Crippen molar-refractivity contribution in [3.05, 3.63) is 71.3 Å². The van der Waals surface area contributed by atoms with E-state index in [1.165, 1.54) is 24.3 Å². The molecule has 1 atom stereocenters.